The number of ether oxygens (including phenoxy) is 1. The third-order valence-electron chi connectivity index (χ3n) is 4.05. The van der Waals surface area contributed by atoms with Gasteiger partial charge in [0.15, 0.2) is 0 Å². The van der Waals surface area contributed by atoms with E-state index in [9.17, 15) is 4.79 Å². The minimum Gasteiger partial charge on any atom is -0.494 e. The van der Waals surface area contributed by atoms with Crippen LogP contribution < -0.4 is 10.2 Å². The van der Waals surface area contributed by atoms with Gasteiger partial charge in [0.2, 0.25) is 0 Å². The van der Waals surface area contributed by atoms with E-state index < -0.39 is 5.91 Å². The van der Waals surface area contributed by atoms with Gasteiger partial charge in [-0.25, -0.2) is 10.5 Å². The number of fused-ring (bicyclic) bond motifs is 1. The van der Waals surface area contributed by atoms with Crippen LogP contribution in [0.4, 0.5) is 0 Å². The molecule has 0 unspecified atom stereocenters. The Morgan fingerprint density at radius 3 is 2.81 bits per heavy atom. The zero-order valence-corrected chi connectivity index (χ0v) is 15.3. The van der Waals surface area contributed by atoms with Crippen LogP contribution in [0.15, 0.2) is 48.7 Å². The molecule has 1 amide bonds. The lowest BCUT2D eigenvalue weighted by atomic mass is 10.1. The predicted octanol–water partition coefficient (Wildman–Crippen LogP) is 2.75. The highest BCUT2D eigenvalue weighted by atomic mass is 16.5. The van der Waals surface area contributed by atoms with Gasteiger partial charge in [0, 0.05) is 17.7 Å². The maximum atomic E-state index is 11.6. The molecule has 2 aromatic carbocycles. The molecule has 0 aliphatic heterocycles. The highest BCUT2D eigenvalue weighted by Crippen LogP contribution is 2.24. The summed E-state index contributed by atoms with van der Waals surface area (Å²) in [6.45, 7) is 1.62. The van der Waals surface area contributed by atoms with E-state index in [0.717, 1.165) is 24.3 Å². The number of carbonyl (C=O) groups is 1. The Kier molecular flexibility index (Phi) is 5.95. The molecule has 27 heavy (non-hydrogen) atoms. The molecular weight excluding hydrogens is 344 g/mol. The van der Waals surface area contributed by atoms with Gasteiger partial charge in [-0.1, -0.05) is 12.1 Å². The molecule has 7 heteroatoms. The summed E-state index contributed by atoms with van der Waals surface area (Å²) in [7, 11) is 4.07. The van der Waals surface area contributed by atoms with E-state index >= 15 is 0 Å². The van der Waals surface area contributed by atoms with Crippen LogP contribution in [0.1, 0.15) is 16.8 Å². The van der Waals surface area contributed by atoms with Gasteiger partial charge >= 0.3 is 0 Å². The standard InChI is InChI=1S/C20H22N4O3/c1-24(2)9-4-10-27-16-6-3-5-14(11-16)19-13-21-17-8-7-15(20(25)23-26)12-18(17)22-19/h3,5-8,11-13,26H,4,9-10H2,1-2H3,(H,23,25). The maximum Gasteiger partial charge on any atom is 0.274 e. The van der Waals surface area contributed by atoms with E-state index in [-0.39, 0.29) is 0 Å². The van der Waals surface area contributed by atoms with Crippen LogP contribution in [0.3, 0.4) is 0 Å². The lowest BCUT2D eigenvalue weighted by Gasteiger charge is -2.11. The Morgan fingerprint density at radius 1 is 1.19 bits per heavy atom. The number of benzene rings is 2. The average Bonchev–Trinajstić information content (AvgIpc) is 2.70. The lowest BCUT2D eigenvalue weighted by Crippen LogP contribution is -2.18. The molecule has 7 nitrogen and oxygen atoms in total. The van der Waals surface area contributed by atoms with Gasteiger partial charge in [0.1, 0.15) is 5.75 Å². The van der Waals surface area contributed by atoms with Gasteiger partial charge in [-0.2, -0.15) is 0 Å². The number of hydroxylamine groups is 1. The van der Waals surface area contributed by atoms with Crippen LogP contribution in [0, 0.1) is 0 Å². The summed E-state index contributed by atoms with van der Waals surface area (Å²) in [4.78, 5) is 22.7. The summed E-state index contributed by atoms with van der Waals surface area (Å²) in [6.07, 6.45) is 2.64. The summed E-state index contributed by atoms with van der Waals surface area (Å²) < 4.78 is 5.82. The zero-order chi connectivity index (χ0) is 19.2. The first-order valence-corrected chi connectivity index (χ1v) is 8.66. The second kappa shape index (κ2) is 8.57. The summed E-state index contributed by atoms with van der Waals surface area (Å²) in [5.74, 6) is 0.193. The molecule has 0 aliphatic carbocycles. The van der Waals surface area contributed by atoms with Crippen molar-refractivity contribution < 1.29 is 14.7 Å². The molecule has 1 heterocycles. The van der Waals surface area contributed by atoms with Crippen molar-refractivity contribution in [3.05, 3.63) is 54.2 Å². The maximum absolute atomic E-state index is 11.6. The van der Waals surface area contributed by atoms with E-state index in [1.807, 2.05) is 38.4 Å². The largest absolute Gasteiger partial charge is 0.494 e. The van der Waals surface area contributed by atoms with Crippen LogP contribution in [0.5, 0.6) is 5.75 Å². The van der Waals surface area contributed by atoms with E-state index in [1.165, 1.54) is 0 Å². The van der Waals surface area contributed by atoms with E-state index in [1.54, 1.807) is 29.9 Å². The smallest absolute Gasteiger partial charge is 0.274 e. The summed E-state index contributed by atoms with van der Waals surface area (Å²) >= 11 is 0. The number of rotatable bonds is 7. The Bertz CT molecular complexity index is 943. The van der Waals surface area contributed by atoms with Gasteiger partial charge in [-0.05, 0) is 50.8 Å². The van der Waals surface area contributed by atoms with Crippen molar-refractivity contribution in [3.63, 3.8) is 0 Å². The first-order valence-electron chi connectivity index (χ1n) is 8.66. The fourth-order valence-electron chi connectivity index (χ4n) is 2.67. The average molecular weight is 366 g/mol. The topological polar surface area (TPSA) is 87.6 Å². The molecule has 140 valence electrons. The van der Waals surface area contributed by atoms with E-state index in [0.29, 0.717) is 28.9 Å². The monoisotopic (exact) mass is 366 g/mol. The molecule has 0 aliphatic rings. The van der Waals surface area contributed by atoms with Gasteiger partial charge in [0.05, 0.1) is 29.5 Å². The number of aromatic nitrogens is 2. The van der Waals surface area contributed by atoms with Crippen molar-refractivity contribution in [3.8, 4) is 17.0 Å². The number of hydrogen-bond acceptors (Lipinski definition) is 6. The number of amides is 1. The number of nitrogens with one attached hydrogen (secondary N) is 1. The number of nitrogens with zero attached hydrogens (tertiary/aromatic N) is 3. The van der Waals surface area contributed by atoms with Crippen molar-refractivity contribution in [2.75, 3.05) is 27.2 Å². The van der Waals surface area contributed by atoms with Crippen molar-refractivity contribution in [2.24, 2.45) is 0 Å². The highest BCUT2D eigenvalue weighted by molar-refractivity contribution is 5.96. The first kappa shape index (κ1) is 18.8. The second-order valence-electron chi connectivity index (χ2n) is 6.43. The summed E-state index contributed by atoms with van der Waals surface area (Å²) in [5, 5.41) is 8.79. The number of hydrogen-bond donors (Lipinski definition) is 2. The van der Waals surface area contributed by atoms with Crippen LogP contribution in [-0.4, -0.2) is 53.2 Å². The van der Waals surface area contributed by atoms with Gasteiger partial charge in [0.25, 0.3) is 5.91 Å². The van der Waals surface area contributed by atoms with Gasteiger partial charge in [-0.15, -0.1) is 0 Å². The molecule has 3 rings (SSSR count). The van der Waals surface area contributed by atoms with E-state index in [4.69, 9.17) is 9.94 Å². The van der Waals surface area contributed by atoms with Crippen molar-refractivity contribution in [2.45, 2.75) is 6.42 Å². The molecule has 1 aromatic heterocycles. The summed E-state index contributed by atoms with van der Waals surface area (Å²) in [5.41, 5.74) is 4.75. The van der Waals surface area contributed by atoms with Crippen LogP contribution in [0.2, 0.25) is 0 Å². The molecule has 0 saturated carbocycles. The Labute approximate surface area is 157 Å². The number of carbonyl (C=O) groups excluding carboxylic acids is 1. The van der Waals surface area contributed by atoms with Crippen LogP contribution in [-0.2, 0) is 0 Å². The third kappa shape index (κ3) is 4.78. The molecule has 0 spiro atoms. The van der Waals surface area contributed by atoms with Crippen molar-refractivity contribution >= 4 is 16.9 Å². The minimum absolute atomic E-state index is 0.314. The SMILES string of the molecule is CN(C)CCCOc1cccc(-c2cnc3ccc(C(=O)NO)cc3n2)c1. The molecule has 3 aromatic rings. The van der Waals surface area contributed by atoms with Crippen molar-refractivity contribution in [1.29, 1.82) is 0 Å². The minimum atomic E-state index is -0.586. The van der Waals surface area contributed by atoms with Gasteiger partial charge in [-0.3, -0.25) is 15.0 Å². The highest BCUT2D eigenvalue weighted by Gasteiger charge is 2.08. The zero-order valence-electron chi connectivity index (χ0n) is 15.3. The lowest BCUT2D eigenvalue weighted by molar-refractivity contribution is 0.0706. The van der Waals surface area contributed by atoms with Crippen molar-refractivity contribution in [1.82, 2.24) is 20.3 Å². The molecular formula is C20H22N4O3. The van der Waals surface area contributed by atoms with Crippen LogP contribution >= 0.6 is 0 Å². The van der Waals surface area contributed by atoms with E-state index in [2.05, 4.69) is 14.9 Å². The Balaban J connectivity index is 1.81. The molecule has 0 radical (unpaired) electrons. The molecule has 0 saturated heterocycles. The third-order valence-corrected chi connectivity index (χ3v) is 4.05. The summed E-state index contributed by atoms with van der Waals surface area (Å²) in [6, 6.07) is 12.6. The van der Waals surface area contributed by atoms with Crippen LogP contribution in [0.25, 0.3) is 22.3 Å². The Hall–Kier alpha value is -3.03. The fraction of sp³-hybridized carbons (Fsp3) is 0.250. The molecule has 0 atom stereocenters. The molecule has 0 fully saturated rings. The second-order valence-corrected chi connectivity index (χ2v) is 6.43. The quantitative estimate of drug-likeness (QED) is 0.380. The molecule has 0 bridgehead atoms. The Morgan fingerprint density at radius 2 is 2.04 bits per heavy atom. The first-order chi connectivity index (χ1) is 13.1. The predicted molar refractivity (Wildman–Crippen MR) is 103 cm³/mol. The van der Waals surface area contributed by atoms with Gasteiger partial charge < -0.3 is 9.64 Å². The molecule has 2 N–H and O–H groups in total. The fourth-order valence-corrected chi connectivity index (χ4v) is 2.67. The normalized spacial score (nSPS) is 11.0.